The second kappa shape index (κ2) is 9.16. The Bertz CT molecular complexity index is 1470. The second-order valence-electron chi connectivity index (χ2n) is 9.53. The van der Waals surface area contributed by atoms with Crippen molar-refractivity contribution in [3.63, 3.8) is 0 Å². The van der Waals surface area contributed by atoms with Gasteiger partial charge >= 0.3 is 6.18 Å². The molecule has 0 spiro atoms. The third kappa shape index (κ3) is 4.33. The summed E-state index contributed by atoms with van der Waals surface area (Å²) < 4.78 is 54.6. The number of fused-ring (bicyclic) bond motifs is 1. The van der Waals surface area contributed by atoms with E-state index in [-0.39, 0.29) is 11.7 Å². The summed E-state index contributed by atoms with van der Waals surface area (Å²) in [5.74, 6) is -3.07. The number of aromatic nitrogens is 3. The molecule has 2 aliphatic rings. The number of pyridine rings is 3. The first-order valence-corrected chi connectivity index (χ1v) is 11.6. The van der Waals surface area contributed by atoms with Gasteiger partial charge in [0.05, 0.1) is 29.1 Å². The van der Waals surface area contributed by atoms with Gasteiger partial charge in [-0.3, -0.25) is 24.5 Å². The van der Waals surface area contributed by atoms with Crippen LogP contribution in [0.1, 0.15) is 41.4 Å². The number of nitrogens with one attached hydrogen (secondary N) is 1. The molecule has 2 atom stereocenters. The van der Waals surface area contributed by atoms with Crippen LogP contribution in [0.3, 0.4) is 0 Å². The highest BCUT2D eigenvalue weighted by Crippen LogP contribution is 2.54. The molecule has 0 bridgehead atoms. The highest BCUT2D eigenvalue weighted by molar-refractivity contribution is 6.05. The van der Waals surface area contributed by atoms with Gasteiger partial charge in [0.2, 0.25) is 5.91 Å². The topological polar surface area (TPSA) is 88.1 Å². The van der Waals surface area contributed by atoms with E-state index in [2.05, 4.69) is 20.3 Å². The van der Waals surface area contributed by atoms with Gasteiger partial charge in [0.15, 0.2) is 5.69 Å². The summed E-state index contributed by atoms with van der Waals surface area (Å²) in [6.45, 7) is 3.56. The van der Waals surface area contributed by atoms with E-state index in [4.69, 9.17) is 0 Å². The fourth-order valence-corrected chi connectivity index (χ4v) is 4.99. The molecular weight excluding hydrogens is 502 g/mol. The molecule has 1 saturated heterocycles. The van der Waals surface area contributed by atoms with Gasteiger partial charge < -0.3 is 5.32 Å². The zero-order valence-corrected chi connectivity index (χ0v) is 20.2. The van der Waals surface area contributed by atoms with Crippen LogP contribution in [-0.4, -0.2) is 26.8 Å². The summed E-state index contributed by atoms with van der Waals surface area (Å²) in [5, 5.41) is 2.27. The molecule has 0 aromatic carbocycles. The van der Waals surface area contributed by atoms with Gasteiger partial charge in [0, 0.05) is 29.9 Å². The number of allylic oxidation sites excluding steroid dienone is 4. The maximum absolute atomic E-state index is 13.8. The van der Waals surface area contributed by atoms with E-state index < -0.39 is 46.4 Å². The first kappa shape index (κ1) is 25.2. The molecule has 3 aromatic heterocycles. The zero-order valence-electron chi connectivity index (χ0n) is 20.2. The molecule has 1 aliphatic carbocycles. The highest BCUT2D eigenvalue weighted by atomic mass is 19.4. The van der Waals surface area contributed by atoms with Crippen LogP contribution >= 0.6 is 0 Å². The zero-order chi connectivity index (χ0) is 27.2. The van der Waals surface area contributed by atoms with Crippen molar-refractivity contribution in [1.82, 2.24) is 15.0 Å². The predicted octanol–water partition coefficient (Wildman–Crippen LogP) is 5.51. The lowest BCUT2D eigenvalue weighted by molar-refractivity contribution is -0.141. The van der Waals surface area contributed by atoms with Crippen LogP contribution in [0.4, 0.5) is 29.1 Å². The Kier molecular flexibility index (Phi) is 6.09. The molecule has 1 aliphatic heterocycles. The average Bonchev–Trinajstić information content (AvgIpc) is 3.10. The lowest BCUT2D eigenvalue weighted by Gasteiger charge is -2.32. The van der Waals surface area contributed by atoms with E-state index in [1.165, 1.54) is 0 Å². The molecule has 3 aromatic rings. The van der Waals surface area contributed by atoms with Gasteiger partial charge in [0.1, 0.15) is 11.6 Å². The van der Waals surface area contributed by atoms with Gasteiger partial charge in [0.25, 0.3) is 5.91 Å². The van der Waals surface area contributed by atoms with Crippen LogP contribution in [0.25, 0.3) is 0 Å². The highest BCUT2D eigenvalue weighted by Gasteiger charge is 2.54. The van der Waals surface area contributed by atoms with Gasteiger partial charge in [-0.25, -0.2) is 9.37 Å². The Morgan fingerprint density at radius 1 is 1.11 bits per heavy atom. The minimum atomic E-state index is -4.91. The molecule has 2 amide bonds. The number of amides is 2. The molecule has 5 rings (SSSR count). The van der Waals surface area contributed by atoms with Gasteiger partial charge in [-0.15, -0.1) is 0 Å². The van der Waals surface area contributed by atoms with Crippen molar-refractivity contribution < 1.29 is 27.2 Å². The molecule has 7 nitrogen and oxygen atoms in total. The molecule has 194 valence electrons. The summed E-state index contributed by atoms with van der Waals surface area (Å²) in [4.78, 5) is 39.5. The first-order chi connectivity index (χ1) is 18.0. The van der Waals surface area contributed by atoms with E-state index in [1.54, 1.807) is 61.5 Å². The summed E-state index contributed by atoms with van der Waals surface area (Å²) in [6, 6.07) is 6.76. The molecular formula is C27H21F4N5O2. The molecule has 11 heteroatoms. The van der Waals surface area contributed by atoms with Crippen LogP contribution in [0, 0.1) is 17.2 Å². The average molecular weight is 523 g/mol. The molecule has 1 fully saturated rings. The summed E-state index contributed by atoms with van der Waals surface area (Å²) in [7, 11) is 0. The normalized spacial score (nSPS) is 20.2. The van der Waals surface area contributed by atoms with E-state index in [0.717, 1.165) is 30.6 Å². The maximum atomic E-state index is 13.8. The van der Waals surface area contributed by atoms with Crippen molar-refractivity contribution in [2.45, 2.75) is 25.9 Å². The van der Waals surface area contributed by atoms with Crippen molar-refractivity contribution in [1.29, 1.82) is 0 Å². The summed E-state index contributed by atoms with van der Waals surface area (Å²) >= 11 is 0. The number of rotatable bonds is 4. The van der Waals surface area contributed by atoms with Crippen molar-refractivity contribution in [3.05, 3.63) is 102 Å². The second-order valence-corrected chi connectivity index (χ2v) is 9.53. The Morgan fingerprint density at radius 3 is 2.55 bits per heavy atom. The third-order valence-electron chi connectivity index (χ3n) is 6.73. The SMILES string of the molecule is CC1(C)C(=O)N(c2cccnc2)C2=CC=CC(c3cnc(C(F)(F)F)c(C(=O)Nc4ccc(F)cn4)c3)C21. The fourth-order valence-electron chi connectivity index (χ4n) is 4.99. The molecule has 38 heavy (non-hydrogen) atoms. The van der Waals surface area contributed by atoms with Crippen molar-refractivity contribution in [2.75, 3.05) is 10.2 Å². The smallest absolute Gasteiger partial charge is 0.307 e. The van der Waals surface area contributed by atoms with E-state index in [0.29, 0.717) is 16.9 Å². The standard InChI is InChI=1S/C27H21F4N5O2/c1-26(2)22-18(6-3-7-20(22)36(25(26)38)17-5-4-10-32-14-17)15-11-19(23(34-12-15)27(29,30)31)24(37)35-21-9-8-16(28)13-33-21/h3-14,18,22H,1-2H3,(H,33,35,37). The number of carbonyl (C=O) groups is 2. The van der Waals surface area contributed by atoms with Crippen LogP contribution < -0.4 is 10.2 Å². The molecule has 2 unspecified atom stereocenters. The van der Waals surface area contributed by atoms with Crippen LogP contribution in [0.15, 0.2) is 79.0 Å². The van der Waals surface area contributed by atoms with Crippen LogP contribution in [-0.2, 0) is 11.0 Å². The van der Waals surface area contributed by atoms with Crippen LogP contribution in [0.5, 0.6) is 0 Å². The minimum absolute atomic E-state index is 0.118. The van der Waals surface area contributed by atoms with Gasteiger partial charge in [-0.05, 0) is 42.0 Å². The third-order valence-corrected chi connectivity index (χ3v) is 6.73. The Balaban J connectivity index is 1.55. The molecule has 4 heterocycles. The maximum Gasteiger partial charge on any atom is 0.434 e. The van der Waals surface area contributed by atoms with Crippen LogP contribution in [0.2, 0.25) is 0 Å². The number of alkyl halides is 3. The molecule has 0 radical (unpaired) electrons. The van der Waals surface area contributed by atoms with E-state index >= 15 is 0 Å². The largest absolute Gasteiger partial charge is 0.434 e. The molecule has 0 saturated carbocycles. The first-order valence-electron chi connectivity index (χ1n) is 11.6. The quantitative estimate of drug-likeness (QED) is 0.456. The Morgan fingerprint density at radius 2 is 1.89 bits per heavy atom. The van der Waals surface area contributed by atoms with E-state index in [1.807, 2.05) is 0 Å². The fraction of sp³-hybridized carbons (Fsp3) is 0.222. The number of carbonyl (C=O) groups excluding carboxylic acids is 2. The van der Waals surface area contributed by atoms with Crippen molar-refractivity contribution in [2.24, 2.45) is 11.3 Å². The lowest BCUT2D eigenvalue weighted by Crippen LogP contribution is -2.33. The number of nitrogens with zero attached hydrogens (tertiary/aromatic N) is 4. The number of hydrogen-bond donors (Lipinski definition) is 1. The Labute approximate surface area is 214 Å². The van der Waals surface area contributed by atoms with Crippen molar-refractivity contribution >= 4 is 23.3 Å². The number of anilines is 2. The summed E-state index contributed by atoms with van der Waals surface area (Å²) in [5.41, 5.74) is -1.43. The van der Waals surface area contributed by atoms with Crippen molar-refractivity contribution in [3.8, 4) is 0 Å². The van der Waals surface area contributed by atoms with Gasteiger partial charge in [-0.2, -0.15) is 13.2 Å². The Hall–Kier alpha value is -4.41. The van der Waals surface area contributed by atoms with Gasteiger partial charge in [-0.1, -0.05) is 26.0 Å². The minimum Gasteiger partial charge on any atom is -0.307 e. The monoisotopic (exact) mass is 523 g/mol. The lowest BCUT2D eigenvalue weighted by atomic mass is 9.69. The predicted molar refractivity (Wildman–Crippen MR) is 130 cm³/mol. The van der Waals surface area contributed by atoms with E-state index in [9.17, 15) is 27.2 Å². The summed E-state index contributed by atoms with van der Waals surface area (Å²) in [6.07, 6.45) is 5.48. The number of hydrogen-bond acceptors (Lipinski definition) is 5. The molecule has 1 N–H and O–H groups in total. The number of halogens is 4.